The van der Waals surface area contributed by atoms with E-state index in [0.29, 0.717) is 0 Å². The van der Waals surface area contributed by atoms with Gasteiger partial charge in [0, 0.05) is 18.8 Å². The Morgan fingerprint density at radius 2 is 1.68 bits per heavy atom. The van der Waals surface area contributed by atoms with Gasteiger partial charge in [-0.2, -0.15) is 0 Å². The lowest BCUT2D eigenvalue weighted by Gasteiger charge is -2.22. The standard InChI is InChI=1S/C10H22N2O4S2.ClH/c1-17(13,14)6-7-18(15,16)12-10(8-11)9-4-2-3-5-9;/h9-10,12H,2-8,11H2,1H3;1H. The molecule has 0 aromatic heterocycles. The summed E-state index contributed by atoms with van der Waals surface area (Å²) in [5.41, 5.74) is 5.60. The number of hydrogen-bond donors (Lipinski definition) is 2. The van der Waals surface area contributed by atoms with Crippen LogP contribution in [0.5, 0.6) is 0 Å². The van der Waals surface area contributed by atoms with Crippen molar-refractivity contribution in [2.45, 2.75) is 31.7 Å². The Morgan fingerprint density at radius 3 is 2.11 bits per heavy atom. The SMILES string of the molecule is CS(=O)(=O)CCS(=O)(=O)NC(CN)C1CCCC1.Cl. The van der Waals surface area contributed by atoms with E-state index in [0.717, 1.165) is 31.9 Å². The van der Waals surface area contributed by atoms with Gasteiger partial charge in [0.25, 0.3) is 0 Å². The Balaban J connectivity index is 0.00000324. The summed E-state index contributed by atoms with van der Waals surface area (Å²) < 4.78 is 48.0. The molecular formula is C10H23ClN2O4S2. The van der Waals surface area contributed by atoms with E-state index in [1.54, 1.807) is 0 Å². The van der Waals surface area contributed by atoms with Crippen molar-refractivity contribution < 1.29 is 16.8 Å². The predicted molar refractivity (Wildman–Crippen MR) is 78.7 cm³/mol. The average molecular weight is 335 g/mol. The van der Waals surface area contributed by atoms with Crippen molar-refractivity contribution in [3.8, 4) is 0 Å². The monoisotopic (exact) mass is 334 g/mol. The highest BCUT2D eigenvalue weighted by molar-refractivity contribution is 7.93. The quantitative estimate of drug-likeness (QED) is 0.675. The van der Waals surface area contributed by atoms with Crippen molar-refractivity contribution >= 4 is 32.3 Å². The lowest BCUT2D eigenvalue weighted by atomic mass is 9.99. The molecule has 1 aliphatic rings. The van der Waals surface area contributed by atoms with E-state index in [-0.39, 0.29) is 36.7 Å². The van der Waals surface area contributed by atoms with Crippen LogP contribution >= 0.6 is 12.4 Å². The maximum atomic E-state index is 11.8. The number of nitrogens with one attached hydrogen (secondary N) is 1. The highest BCUT2D eigenvalue weighted by atomic mass is 35.5. The highest BCUT2D eigenvalue weighted by Gasteiger charge is 2.27. The first-order valence-electron chi connectivity index (χ1n) is 6.11. The van der Waals surface area contributed by atoms with Crippen molar-refractivity contribution in [2.24, 2.45) is 11.7 Å². The van der Waals surface area contributed by atoms with Crippen LogP contribution < -0.4 is 10.5 Å². The third-order valence-electron chi connectivity index (χ3n) is 3.28. The van der Waals surface area contributed by atoms with E-state index in [1.807, 2.05) is 0 Å². The molecule has 1 rings (SSSR count). The normalized spacial score (nSPS) is 19.1. The number of sulfonamides is 1. The summed E-state index contributed by atoms with van der Waals surface area (Å²) in [6, 6.07) is -0.267. The molecule has 1 fully saturated rings. The van der Waals surface area contributed by atoms with E-state index in [1.165, 1.54) is 0 Å². The molecule has 9 heteroatoms. The second-order valence-electron chi connectivity index (χ2n) is 4.95. The van der Waals surface area contributed by atoms with Crippen molar-refractivity contribution in [3.05, 3.63) is 0 Å². The molecule has 0 amide bonds. The van der Waals surface area contributed by atoms with E-state index >= 15 is 0 Å². The van der Waals surface area contributed by atoms with Crippen LogP contribution in [-0.4, -0.2) is 47.2 Å². The van der Waals surface area contributed by atoms with E-state index < -0.39 is 25.6 Å². The van der Waals surface area contributed by atoms with Gasteiger partial charge >= 0.3 is 0 Å². The molecule has 3 N–H and O–H groups in total. The maximum Gasteiger partial charge on any atom is 0.212 e. The number of hydrogen-bond acceptors (Lipinski definition) is 5. The minimum Gasteiger partial charge on any atom is -0.329 e. The van der Waals surface area contributed by atoms with Crippen LogP contribution in [0.4, 0.5) is 0 Å². The average Bonchev–Trinajstić information content (AvgIpc) is 2.76. The minimum atomic E-state index is -3.57. The predicted octanol–water partition coefficient (Wildman–Crippen LogP) is -0.110. The van der Waals surface area contributed by atoms with Gasteiger partial charge in [-0.25, -0.2) is 21.6 Å². The third kappa shape index (κ3) is 7.45. The van der Waals surface area contributed by atoms with Gasteiger partial charge in [0.15, 0.2) is 0 Å². The topological polar surface area (TPSA) is 106 Å². The molecule has 19 heavy (non-hydrogen) atoms. The van der Waals surface area contributed by atoms with Crippen molar-refractivity contribution in [1.29, 1.82) is 0 Å². The molecule has 0 heterocycles. The Labute approximate surface area is 121 Å². The number of sulfone groups is 1. The fourth-order valence-electron chi connectivity index (χ4n) is 2.25. The van der Waals surface area contributed by atoms with Crippen LogP contribution in [0.1, 0.15) is 25.7 Å². The molecule has 0 bridgehead atoms. The molecule has 0 radical (unpaired) electrons. The molecule has 0 aliphatic heterocycles. The van der Waals surface area contributed by atoms with Gasteiger partial charge in [0.05, 0.1) is 11.5 Å². The number of rotatable bonds is 7. The van der Waals surface area contributed by atoms with Gasteiger partial charge in [-0.05, 0) is 18.8 Å². The maximum absolute atomic E-state index is 11.8. The second-order valence-corrected chi connectivity index (χ2v) is 9.09. The summed E-state index contributed by atoms with van der Waals surface area (Å²) in [6.07, 6.45) is 5.20. The van der Waals surface area contributed by atoms with E-state index in [4.69, 9.17) is 5.73 Å². The summed E-state index contributed by atoms with van der Waals surface area (Å²) in [6.45, 7) is 0.253. The summed E-state index contributed by atoms with van der Waals surface area (Å²) in [7, 11) is -6.84. The Kier molecular flexibility index (Phi) is 7.82. The zero-order chi connectivity index (χ0) is 13.8. The fraction of sp³-hybridized carbons (Fsp3) is 1.00. The number of halogens is 1. The summed E-state index contributed by atoms with van der Waals surface area (Å²) in [4.78, 5) is 0. The van der Waals surface area contributed by atoms with E-state index in [9.17, 15) is 16.8 Å². The van der Waals surface area contributed by atoms with Crippen molar-refractivity contribution in [1.82, 2.24) is 4.72 Å². The molecule has 1 atom stereocenters. The van der Waals surface area contributed by atoms with Gasteiger partial charge in [-0.3, -0.25) is 0 Å². The lowest BCUT2D eigenvalue weighted by Crippen LogP contribution is -2.46. The number of nitrogens with two attached hydrogens (primary N) is 1. The fourth-order valence-corrected chi connectivity index (χ4v) is 5.20. The molecule has 1 aliphatic carbocycles. The highest BCUT2D eigenvalue weighted by Crippen LogP contribution is 2.27. The van der Waals surface area contributed by atoms with Gasteiger partial charge in [-0.1, -0.05) is 12.8 Å². The summed E-state index contributed by atoms with van der Waals surface area (Å²) >= 11 is 0. The molecular weight excluding hydrogens is 312 g/mol. The molecule has 1 saturated carbocycles. The molecule has 0 aromatic carbocycles. The minimum absolute atomic E-state index is 0. The summed E-state index contributed by atoms with van der Waals surface area (Å²) in [5.74, 6) is -0.470. The van der Waals surface area contributed by atoms with Gasteiger partial charge in [-0.15, -0.1) is 12.4 Å². The third-order valence-corrected chi connectivity index (χ3v) is 5.88. The second kappa shape index (κ2) is 7.78. The molecule has 6 nitrogen and oxygen atoms in total. The van der Waals surface area contributed by atoms with Crippen LogP contribution in [0.15, 0.2) is 0 Å². The molecule has 1 unspecified atom stereocenters. The molecule has 0 aromatic rings. The summed E-state index contributed by atoms with van der Waals surface area (Å²) in [5, 5.41) is 0. The van der Waals surface area contributed by atoms with E-state index in [2.05, 4.69) is 4.72 Å². The molecule has 0 spiro atoms. The van der Waals surface area contributed by atoms with Crippen molar-refractivity contribution in [2.75, 3.05) is 24.3 Å². The van der Waals surface area contributed by atoms with Gasteiger partial charge in [0.1, 0.15) is 9.84 Å². The lowest BCUT2D eigenvalue weighted by molar-refractivity contribution is 0.406. The Bertz CT molecular complexity index is 458. The first kappa shape index (κ1) is 19.1. The Morgan fingerprint density at radius 1 is 1.16 bits per heavy atom. The zero-order valence-corrected chi connectivity index (χ0v) is 13.5. The molecule has 116 valence electrons. The zero-order valence-electron chi connectivity index (χ0n) is 11.0. The smallest absolute Gasteiger partial charge is 0.212 e. The molecule has 0 saturated heterocycles. The first-order valence-corrected chi connectivity index (χ1v) is 9.82. The van der Waals surface area contributed by atoms with Crippen LogP contribution in [-0.2, 0) is 19.9 Å². The van der Waals surface area contributed by atoms with Gasteiger partial charge in [0.2, 0.25) is 10.0 Å². The van der Waals surface area contributed by atoms with Crippen LogP contribution in [0, 0.1) is 5.92 Å². The Hall–Kier alpha value is 0.110. The van der Waals surface area contributed by atoms with Crippen molar-refractivity contribution in [3.63, 3.8) is 0 Å². The van der Waals surface area contributed by atoms with Crippen LogP contribution in [0.25, 0.3) is 0 Å². The first-order chi connectivity index (χ1) is 8.23. The van der Waals surface area contributed by atoms with Gasteiger partial charge < -0.3 is 5.73 Å². The van der Waals surface area contributed by atoms with Crippen LogP contribution in [0.2, 0.25) is 0 Å². The van der Waals surface area contributed by atoms with Crippen LogP contribution in [0.3, 0.4) is 0 Å². The largest absolute Gasteiger partial charge is 0.329 e.